The molecule has 0 saturated carbocycles. The number of aromatic nitrogens is 2. The highest BCUT2D eigenvalue weighted by molar-refractivity contribution is 7.08. The number of rotatable bonds is 7. The monoisotopic (exact) mass is 310 g/mol. The first-order valence-corrected chi connectivity index (χ1v) is 8.84. The molecule has 21 heavy (non-hydrogen) atoms. The summed E-state index contributed by atoms with van der Waals surface area (Å²) in [5.41, 5.74) is 0.874. The Morgan fingerprint density at radius 1 is 1.33 bits per heavy atom. The number of carbonyl (C=O) groups excluding carboxylic acids is 1. The number of hydrogen-bond donors (Lipinski definition) is 1. The molecule has 0 aliphatic carbocycles. The van der Waals surface area contributed by atoms with Crippen molar-refractivity contribution >= 4 is 17.4 Å². The van der Waals surface area contributed by atoms with E-state index in [0.717, 1.165) is 68.9 Å². The van der Waals surface area contributed by atoms with Gasteiger partial charge in [-0.25, -0.2) is 0 Å². The van der Waals surface area contributed by atoms with Gasteiger partial charge < -0.3 is 10.2 Å². The van der Waals surface area contributed by atoms with Crippen molar-refractivity contribution in [2.75, 3.05) is 26.2 Å². The Morgan fingerprint density at radius 2 is 2.10 bits per heavy atom. The molecule has 0 spiro atoms. The first-order valence-electron chi connectivity index (χ1n) is 8.07. The maximum absolute atomic E-state index is 12.8. The van der Waals surface area contributed by atoms with Gasteiger partial charge in [0.05, 0.1) is 5.69 Å². The third-order valence-corrected chi connectivity index (χ3v) is 4.71. The van der Waals surface area contributed by atoms with E-state index in [2.05, 4.69) is 28.8 Å². The molecule has 118 valence electrons. The fraction of sp³-hybridized carbons (Fsp3) is 0.800. The first-order chi connectivity index (χ1) is 10.3. The zero-order valence-corrected chi connectivity index (χ0v) is 13.9. The summed E-state index contributed by atoms with van der Waals surface area (Å²) in [6.45, 7) is 8.07. The van der Waals surface area contributed by atoms with Crippen LogP contribution in [0.1, 0.15) is 54.9 Å². The number of nitrogens with zero attached hydrogens (tertiary/aromatic N) is 3. The van der Waals surface area contributed by atoms with Crippen LogP contribution in [0.3, 0.4) is 0 Å². The quantitative estimate of drug-likeness (QED) is 0.840. The van der Waals surface area contributed by atoms with Crippen LogP contribution in [-0.2, 0) is 6.42 Å². The molecule has 0 atom stereocenters. The van der Waals surface area contributed by atoms with Gasteiger partial charge in [-0.3, -0.25) is 4.79 Å². The Morgan fingerprint density at radius 3 is 2.76 bits per heavy atom. The van der Waals surface area contributed by atoms with Crippen molar-refractivity contribution in [3.8, 4) is 0 Å². The summed E-state index contributed by atoms with van der Waals surface area (Å²) in [7, 11) is 0. The van der Waals surface area contributed by atoms with Crippen LogP contribution in [0, 0.1) is 5.92 Å². The van der Waals surface area contributed by atoms with Crippen molar-refractivity contribution in [2.45, 2.75) is 46.0 Å². The molecule has 1 fully saturated rings. The second kappa shape index (κ2) is 8.44. The smallest absolute Gasteiger partial charge is 0.267 e. The van der Waals surface area contributed by atoms with Crippen LogP contribution in [0.5, 0.6) is 0 Å². The van der Waals surface area contributed by atoms with Gasteiger partial charge in [0, 0.05) is 13.1 Å². The Labute approximate surface area is 131 Å². The zero-order valence-electron chi connectivity index (χ0n) is 13.1. The lowest BCUT2D eigenvalue weighted by Crippen LogP contribution is -2.39. The predicted octanol–water partition coefficient (Wildman–Crippen LogP) is 2.34. The van der Waals surface area contributed by atoms with Gasteiger partial charge in [-0.2, -0.15) is 0 Å². The molecular formula is C15H26N4OS. The van der Waals surface area contributed by atoms with Gasteiger partial charge >= 0.3 is 0 Å². The second-order valence-electron chi connectivity index (χ2n) is 5.74. The summed E-state index contributed by atoms with van der Waals surface area (Å²) in [4.78, 5) is 15.6. The largest absolute Gasteiger partial charge is 0.338 e. The highest BCUT2D eigenvalue weighted by Gasteiger charge is 2.24. The van der Waals surface area contributed by atoms with Crippen LogP contribution >= 0.6 is 11.5 Å². The standard InChI is InChI=1S/C15H26N4OS/c1-3-5-13-14(21-18-17-13)15(20)19(10-4-2)11-12-6-8-16-9-7-12/h12,16H,3-11H2,1-2H3. The molecule has 1 aromatic heterocycles. The molecule has 1 aromatic rings. The van der Waals surface area contributed by atoms with E-state index in [1.54, 1.807) is 0 Å². The zero-order chi connectivity index (χ0) is 15.1. The molecule has 1 amide bonds. The minimum absolute atomic E-state index is 0.133. The Balaban J connectivity index is 2.05. The molecule has 2 heterocycles. The summed E-state index contributed by atoms with van der Waals surface area (Å²) < 4.78 is 3.99. The predicted molar refractivity (Wildman–Crippen MR) is 85.7 cm³/mol. The van der Waals surface area contributed by atoms with Crippen molar-refractivity contribution in [2.24, 2.45) is 5.92 Å². The van der Waals surface area contributed by atoms with Gasteiger partial charge in [0.2, 0.25) is 0 Å². The van der Waals surface area contributed by atoms with E-state index in [-0.39, 0.29) is 5.91 Å². The summed E-state index contributed by atoms with van der Waals surface area (Å²) in [5.74, 6) is 0.756. The third-order valence-electron chi connectivity index (χ3n) is 3.95. The maximum atomic E-state index is 12.8. The highest BCUT2D eigenvalue weighted by Crippen LogP contribution is 2.19. The third kappa shape index (κ3) is 4.48. The lowest BCUT2D eigenvalue weighted by atomic mass is 9.97. The number of carbonyl (C=O) groups is 1. The molecule has 1 aliphatic rings. The van der Waals surface area contributed by atoms with E-state index in [1.807, 2.05) is 4.90 Å². The van der Waals surface area contributed by atoms with E-state index in [4.69, 9.17) is 0 Å². The molecule has 6 heteroatoms. The van der Waals surface area contributed by atoms with Crippen LogP contribution in [0.4, 0.5) is 0 Å². The Bertz CT molecular complexity index is 443. The van der Waals surface area contributed by atoms with Gasteiger partial charge in [-0.15, -0.1) is 5.10 Å². The average molecular weight is 310 g/mol. The summed E-state index contributed by atoms with van der Waals surface area (Å²) in [6.07, 6.45) is 5.15. The molecule has 5 nitrogen and oxygen atoms in total. The van der Waals surface area contributed by atoms with Crippen molar-refractivity contribution < 1.29 is 4.79 Å². The van der Waals surface area contributed by atoms with Crippen molar-refractivity contribution in [3.63, 3.8) is 0 Å². The number of hydrogen-bond acceptors (Lipinski definition) is 5. The summed E-state index contributed by atoms with van der Waals surface area (Å²) in [6, 6.07) is 0. The molecule has 2 rings (SSSR count). The van der Waals surface area contributed by atoms with Gasteiger partial charge in [0.15, 0.2) is 0 Å². The number of amides is 1. The van der Waals surface area contributed by atoms with E-state index in [0.29, 0.717) is 5.92 Å². The summed E-state index contributed by atoms with van der Waals surface area (Å²) >= 11 is 1.25. The first kappa shape index (κ1) is 16.4. The molecule has 0 bridgehead atoms. The van der Waals surface area contributed by atoms with Crippen molar-refractivity contribution in [1.29, 1.82) is 0 Å². The molecular weight excluding hydrogens is 284 g/mol. The highest BCUT2D eigenvalue weighted by atomic mass is 32.1. The minimum atomic E-state index is 0.133. The fourth-order valence-electron chi connectivity index (χ4n) is 2.84. The van der Waals surface area contributed by atoms with E-state index in [9.17, 15) is 4.79 Å². The van der Waals surface area contributed by atoms with Crippen molar-refractivity contribution in [3.05, 3.63) is 10.6 Å². The van der Waals surface area contributed by atoms with Crippen molar-refractivity contribution in [1.82, 2.24) is 19.8 Å². The number of aryl methyl sites for hydroxylation is 1. The lowest BCUT2D eigenvalue weighted by molar-refractivity contribution is 0.0720. The maximum Gasteiger partial charge on any atom is 0.267 e. The van der Waals surface area contributed by atoms with E-state index < -0.39 is 0 Å². The normalized spacial score (nSPS) is 16.1. The van der Waals surface area contributed by atoms with E-state index in [1.165, 1.54) is 11.5 Å². The van der Waals surface area contributed by atoms with Crippen LogP contribution in [-0.4, -0.2) is 46.6 Å². The lowest BCUT2D eigenvalue weighted by Gasteiger charge is -2.29. The minimum Gasteiger partial charge on any atom is -0.338 e. The number of nitrogens with one attached hydrogen (secondary N) is 1. The fourth-order valence-corrected chi connectivity index (χ4v) is 3.51. The molecule has 1 aliphatic heterocycles. The molecule has 0 aromatic carbocycles. The Kier molecular flexibility index (Phi) is 6.57. The van der Waals surface area contributed by atoms with Crippen LogP contribution in [0.2, 0.25) is 0 Å². The van der Waals surface area contributed by atoms with Gasteiger partial charge in [0.1, 0.15) is 4.88 Å². The van der Waals surface area contributed by atoms with Crippen LogP contribution in [0.25, 0.3) is 0 Å². The molecule has 1 saturated heterocycles. The van der Waals surface area contributed by atoms with Crippen LogP contribution < -0.4 is 5.32 Å². The average Bonchev–Trinajstić information content (AvgIpc) is 2.96. The SMILES string of the molecule is CCCc1nnsc1C(=O)N(CCC)CC1CCNCC1. The van der Waals surface area contributed by atoms with Crippen LogP contribution in [0.15, 0.2) is 0 Å². The number of piperidine rings is 1. The topological polar surface area (TPSA) is 58.1 Å². The molecule has 1 N–H and O–H groups in total. The van der Waals surface area contributed by atoms with E-state index >= 15 is 0 Å². The summed E-state index contributed by atoms with van der Waals surface area (Å²) in [5, 5.41) is 7.51. The second-order valence-corrected chi connectivity index (χ2v) is 6.50. The molecule has 0 unspecified atom stereocenters. The van der Waals surface area contributed by atoms with Gasteiger partial charge in [0.25, 0.3) is 5.91 Å². The van der Waals surface area contributed by atoms with Gasteiger partial charge in [-0.1, -0.05) is 24.8 Å². The molecule has 0 radical (unpaired) electrons. The Hall–Kier alpha value is -1.01. The van der Waals surface area contributed by atoms with Gasteiger partial charge in [-0.05, 0) is 56.2 Å².